The summed E-state index contributed by atoms with van der Waals surface area (Å²) in [5.74, 6) is -1.62. The number of nitrogens with two attached hydrogens (primary N) is 1. The van der Waals surface area contributed by atoms with Crippen LogP contribution in [0.4, 0.5) is 5.00 Å². The van der Waals surface area contributed by atoms with Crippen molar-refractivity contribution >= 4 is 45.6 Å². The smallest absolute Gasteiger partial charge is 0.314 e. The Balaban J connectivity index is 2.40. The van der Waals surface area contributed by atoms with E-state index in [4.69, 9.17) is 5.73 Å². The molecule has 0 spiro atoms. The molecule has 0 saturated heterocycles. The van der Waals surface area contributed by atoms with Crippen LogP contribution in [0.1, 0.15) is 0 Å². The van der Waals surface area contributed by atoms with Crippen LogP contribution in [0.3, 0.4) is 0 Å². The van der Waals surface area contributed by atoms with Crippen LogP contribution < -0.4 is 16.4 Å². The van der Waals surface area contributed by atoms with Gasteiger partial charge in [0.25, 0.3) is 0 Å². The van der Waals surface area contributed by atoms with Crippen LogP contribution in [0.5, 0.6) is 0 Å². The number of amides is 2. The zero-order valence-electron chi connectivity index (χ0n) is 7.39. The maximum atomic E-state index is 11.2. The fourth-order valence-corrected chi connectivity index (χ4v) is 1.13. The summed E-state index contributed by atoms with van der Waals surface area (Å²) in [6.07, 6.45) is 1.34. The fraction of sp³-hybridized carbons (Fsp3) is 0.167. The second-order valence-corrected chi connectivity index (χ2v) is 3.69. The number of carbonyl (C=O) groups is 2. The molecule has 0 radical (unpaired) electrons. The minimum atomic E-state index is -0.809. The van der Waals surface area contributed by atoms with Gasteiger partial charge in [0, 0.05) is 11.5 Å². The van der Waals surface area contributed by atoms with Gasteiger partial charge in [0.2, 0.25) is 0 Å². The van der Waals surface area contributed by atoms with Crippen molar-refractivity contribution in [1.29, 1.82) is 0 Å². The standard InChI is InChI=1S/C6H7N5O2S2/c7-3(14)1-8-5(12)6(13)10-4-2-9-11-15-4/h2H,1H2,(H2,7,14)(H,8,12)(H,10,13). The Bertz CT molecular complexity index is 377. The first-order chi connectivity index (χ1) is 7.09. The van der Waals surface area contributed by atoms with Gasteiger partial charge in [0.1, 0.15) is 5.00 Å². The Labute approximate surface area is 94.2 Å². The van der Waals surface area contributed by atoms with Crippen LogP contribution in [-0.2, 0) is 9.59 Å². The Kier molecular flexibility index (Phi) is 4.06. The van der Waals surface area contributed by atoms with E-state index in [0.717, 1.165) is 11.5 Å². The Morgan fingerprint density at radius 2 is 2.27 bits per heavy atom. The van der Waals surface area contributed by atoms with Crippen molar-refractivity contribution in [3.05, 3.63) is 6.20 Å². The van der Waals surface area contributed by atoms with E-state index in [-0.39, 0.29) is 11.5 Å². The highest BCUT2D eigenvalue weighted by molar-refractivity contribution is 7.80. The number of hydrogen-bond donors (Lipinski definition) is 3. The molecule has 1 aromatic rings. The first-order valence-electron chi connectivity index (χ1n) is 3.74. The van der Waals surface area contributed by atoms with E-state index in [0.29, 0.717) is 5.00 Å². The molecule has 1 rings (SSSR count). The highest BCUT2D eigenvalue weighted by Gasteiger charge is 2.13. The van der Waals surface area contributed by atoms with Gasteiger partial charge in [-0.1, -0.05) is 16.7 Å². The number of carbonyl (C=O) groups excluding carboxylic acids is 2. The monoisotopic (exact) mass is 245 g/mol. The normalized spacial score (nSPS) is 9.33. The average molecular weight is 245 g/mol. The van der Waals surface area contributed by atoms with E-state index in [2.05, 4.69) is 32.4 Å². The number of nitrogens with zero attached hydrogens (tertiary/aromatic N) is 2. The summed E-state index contributed by atoms with van der Waals surface area (Å²) in [4.78, 5) is 22.4. The predicted molar refractivity (Wildman–Crippen MR) is 58.3 cm³/mol. The first-order valence-corrected chi connectivity index (χ1v) is 4.92. The number of aromatic nitrogens is 2. The highest BCUT2D eigenvalue weighted by atomic mass is 32.1. The van der Waals surface area contributed by atoms with E-state index in [1.807, 2.05) is 0 Å². The van der Waals surface area contributed by atoms with Crippen molar-refractivity contribution < 1.29 is 9.59 Å². The summed E-state index contributed by atoms with van der Waals surface area (Å²) in [6, 6.07) is 0. The maximum Gasteiger partial charge on any atom is 0.314 e. The molecular formula is C6H7N5O2S2. The maximum absolute atomic E-state index is 11.2. The van der Waals surface area contributed by atoms with Crippen molar-refractivity contribution in [2.45, 2.75) is 0 Å². The van der Waals surface area contributed by atoms with Crippen LogP contribution in [0, 0.1) is 0 Å². The zero-order valence-corrected chi connectivity index (χ0v) is 9.02. The molecule has 1 heterocycles. The van der Waals surface area contributed by atoms with Gasteiger partial charge >= 0.3 is 11.8 Å². The van der Waals surface area contributed by atoms with E-state index < -0.39 is 11.8 Å². The molecule has 7 nitrogen and oxygen atoms in total. The summed E-state index contributed by atoms with van der Waals surface area (Å²) in [6.45, 7) is -0.0114. The third-order valence-electron chi connectivity index (χ3n) is 1.23. The third-order valence-corrected chi connectivity index (χ3v) is 1.95. The van der Waals surface area contributed by atoms with Crippen molar-refractivity contribution in [3.8, 4) is 0 Å². The van der Waals surface area contributed by atoms with E-state index in [1.165, 1.54) is 6.20 Å². The molecule has 2 amide bonds. The minimum absolute atomic E-state index is 0.0114. The van der Waals surface area contributed by atoms with Gasteiger partial charge in [-0.25, -0.2) is 0 Å². The molecule has 1 aromatic heterocycles. The Morgan fingerprint density at radius 1 is 1.53 bits per heavy atom. The molecule has 80 valence electrons. The molecule has 0 aromatic carbocycles. The van der Waals surface area contributed by atoms with Crippen LogP contribution in [0.2, 0.25) is 0 Å². The summed E-state index contributed by atoms with van der Waals surface area (Å²) >= 11 is 5.50. The number of hydrogen-bond acceptors (Lipinski definition) is 6. The highest BCUT2D eigenvalue weighted by Crippen LogP contribution is 2.08. The van der Waals surface area contributed by atoms with Crippen LogP contribution in [0.25, 0.3) is 0 Å². The lowest BCUT2D eigenvalue weighted by atomic mass is 10.5. The van der Waals surface area contributed by atoms with Gasteiger partial charge in [0.15, 0.2) is 0 Å². The van der Waals surface area contributed by atoms with Gasteiger partial charge in [-0.15, -0.1) is 5.10 Å². The van der Waals surface area contributed by atoms with Crippen LogP contribution in [-0.4, -0.2) is 32.9 Å². The molecule has 4 N–H and O–H groups in total. The minimum Gasteiger partial charge on any atom is -0.392 e. The summed E-state index contributed by atoms with van der Waals surface area (Å²) in [5, 5.41) is 8.43. The predicted octanol–water partition coefficient (Wildman–Crippen LogP) is -1.12. The molecule has 0 bridgehead atoms. The molecule has 0 unspecified atom stereocenters. The van der Waals surface area contributed by atoms with E-state index in [9.17, 15) is 9.59 Å². The molecular weight excluding hydrogens is 238 g/mol. The second-order valence-electron chi connectivity index (χ2n) is 2.38. The lowest BCUT2D eigenvalue weighted by Crippen LogP contribution is -2.39. The number of rotatable bonds is 3. The molecule has 0 aliphatic carbocycles. The molecule has 9 heteroatoms. The van der Waals surface area contributed by atoms with E-state index >= 15 is 0 Å². The van der Waals surface area contributed by atoms with Crippen molar-refractivity contribution in [1.82, 2.24) is 14.9 Å². The van der Waals surface area contributed by atoms with Crippen molar-refractivity contribution in [2.24, 2.45) is 5.73 Å². The van der Waals surface area contributed by atoms with Gasteiger partial charge in [-0.3, -0.25) is 9.59 Å². The first kappa shape index (κ1) is 11.5. The second kappa shape index (κ2) is 5.32. The van der Waals surface area contributed by atoms with Crippen molar-refractivity contribution in [2.75, 3.05) is 11.9 Å². The van der Waals surface area contributed by atoms with Crippen LogP contribution >= 0.6 is 23.8 Å². The van der Waals surface area contributed by atoms with Gasteiger partial charge < -0.3 is 16.4 Å². The van der Waals surface area contributed by atoms with Gasteiger partial charge in [-0.2, -0.15) is 0 Å². The zero-order chi connectivity index (χ0) is 11.3. The number of anilines is 1. The lowest BCUT2D eigenvalue weighted by molar-refractivity contribution is -0.135. The van der Waals surface area contributed by atoms with Gasteiger partial charge in [-0.05, 0) is 0 Å². The van der Waals surface area contributed by atoms with E-state index in [1.54, 1.807) is 0 Å². The topological polar surface area (TPSA) is 110 Å². The molecule has 0 atom stereocenters. The summed E-state index contributed by atoms with van der Waals surface area (Å²) in [5.41, 5.74) is 5.14. The number of thiocarbonyl (C=S) groups is 1. The SMILES string of the molecule is NC(=S)CNC(=O)C(=O)Nc1cnns1. The summed E-state index contributed by atoms with van der Waals surface area (Å²) in [7, 11) is 0. The Hall–Kier alpha value is -1.61. The Morgan fingerprint density at radius 3 is 2.80 bits per heavy atom. The van der Waals surface area contributed by atoms with Gasteiger partial charge in [0.05, 0.1) is 17.7 Å². The molecule has 0 saturated carbocycles. The number of nitrogens with one attached hydrogen (secondary N) is 2. The molecule has 0 aliphatic rings. The molecule has 0 fully saturated rings. The third kappa shape index (κ3) is 3.95. The quantitative estimate of drug-likeness (QED) is 0.459. The average Bonchev–Trinajstić information content (AvgIpc) is 2.66. The largest absolute Gasteiger partial charge is 0.392 e. The molecule has 0 aliphatic heterocycles. The fourth-order valence-electron chi connectivity index (χ4n) is 0.639. The van der Waals surface area contributed by atoms with Crippen molar-refractivity contribution in [3.63, 3.8) is 0 Å². The van der Waals surface area contributed by atoms with Crippen LogP contribution in [0.15, 0.2) is 6.20 Å². The molecule has 15 heavy (non-hydrogen) atoms. The summed E-state index contributed by atoms with van der Waals surface area (Å²) < 4.78 is 3.51. The lowest BCUT2D eigenvalue weighted by Gasteiger charge is -2.02.